The Labute approximate surface area is 133 Å². The Kier molecular flexibility index (Phi) is 5.27. The number of rotatable bonds is 3. The summed E-state index contributed by atoms with van der Waals surface area (Å²) in [6.45, 7) is 1.75. The van der Waals surface area contributed by atoms with Crippen LogP contribution < -0.4 is 10.7 Å². The second kappa shape index (κ2) is 7.38. The maximum absolute atomic E-state index is 11.8. The van der Waals surface area contributed by atoms with E-state index in [4.69, 9.17) is 11.6 Å². The molecule has 0 radical (unpaired) electrons. The Balaban J connectivity index is 1.94. The molecule has 0 unspecified atom stereocenters. The maximum atomic E-state index is 11.8. The number of carbonyl (C=O) groups excluding carboxylic acids is 2. The molecule has 0 atom stereocenters. The van der Waals surface area contributed by atoms with Crippen molar-refractivity contribution < 1.29 is 9.59 Å². The van der Waals surface area contributed by atoms with Crippen LogP contribution >= 0.6 is 11.6 Å². The van der Waals surface area contributed by atoms with Gasteiger partial charge in [-0.3, -0.25) is 9.59 Å². The maximum Gasteiger partial charge on any atom is 0.329 e. The lowest BCUT2D eigenvalue weighted by molar-refractivity contribution is -0.136. The lowest BCUT2D eigenvalue weighted by atomic mass is 10.2. The molecular formula is C16H14ClN3O2. The predicted molar refractivity (Wildman–Crippen MR) is 87.0 cm³/mol. The average Bonchev–Trinajstić information content (AvgIpc) is 2.52. The number of hydrazone groups is 1. The Morgan fingerprint density at radius 2 is 1.77 bits per heavy atom. The molecular weight excluding hydrogens is 302 g/mol. The van der Waals surface area contributed by atoms with Gasteiger partial charge >= 0.3 is 11.8 Å². The van der Waals surface area contributed by atoms with Gasteiger partial charge in [0.1, 0.15) is 0 Å². The highest BCUT2D eigenvalue weighted by Crippen LogP contribution is 2.22. The monoisotopic (exact) mass is 315 g/mol. The molecule has 2 amide bonds. The fourth-order valence-corrected chi connectivity index (χ4v) is 1.85. The van der Waals surface area contributed by atoms with Gasteiger partial charge in [0, 0.05) is 10.7 Å². The van der Waals surface area contributed by atoms with Crippen LogP contribution in [0.2, 0.25) is 5.02 Å². The summed E-state index contributed by atoms with van der Waals surface area (Å²) in [5.74, 6) is -1.66. The molecule has 22 heavy (non-hydrogen) atoms. The van der Waals surface area contributed by atoms with Crippen LogP contribution in [0.4, 0.5) is 5.69 Å². The molecule has 0 bridgehead atoms. The van der Waals surface area contributed by atoms with Crippen molar-refractivity contribution in [3.05, 3.63) is 64.7 Å². The predicted octanol–water partition coefficient (Wildman–Crippen LogP) is 2.74. The summed E-state index contributed by atoms with van der Waals surface area (Å²) in [6, 6.07) is 14.3. The minimum Gasteiger partial charge on any atom is -0.317 e. The molecule has 0 aromatic heterocycles. The minimum atomic E-state index is -0.855. The highest BCUT2D eigenvalue weighted by atomic mass is 35.5. The highest BCUT2D eigenvalue weighted by molar-refractivity contribution is 6.40. The third-order valence-electron chi connectivity index (χ3n) is 2.90. The van der Waals surface area contributed by atoms with Crippen molar-refractivity contribution in [2.24, 2.45) is 5.10 Å². The van der Waals surface area contributed by atoms with E-state index in [-0.39, 0.29) is 0 Å². The molecule has 2 N–H and O–H groups in total. The lowest BCUT2D eigenvalue weighted by Crippen LogP contribution is -2.32. The number of hydrogen-bond acceptors (Lipinski definition) is 3. The SMILES string of the molecule is Cc1c(Cl)cccc1NC(=O)C(=O)N/N=C/c1ccccc1. The summed E-state index contributed by atoms with van der Waals surface area (Å²) >= 11 is 5.95. The normalized spacial score (nSPS) is 10.5. The Bertz CT molecular complexity index is 715. The molecule has 6 heteroatoms. The van der Waals surface area contributed by atoms with E-state index >= 15 is 0 Å². The van der Waals surface area contributed by atoms with E-state index in [9.17, 15) is 9.59 Å². The molecule has 2 aromatic rings. The quantitative estimate of drug-likeness (QED) is 0.519. The van der Waals surface area contributed by atoms with Crippen molar-refractivity contribution in [2.75, 3.05) is 5.32 Å². The number of nitrogens with zero attached hydrogens (tertiary/aromatic N) is 1. The largest absolute Gasteiger partial charge is 0.329 e. The van der Waals surface area contributed by atoms with Gasteiger partial charge in [-0.05, 0) is 30.2 Å². The van der Waals surface area contributed by atoms with E-state index in [1.54, 1.807) is 25.1 Å². The molecule has 112 valence electrons. The van der Waals surface area contributed by atoms with Gasteiger partial charge in [0.25, 0.3) is 0 Å². The van der Waals surface area contributed by atoms with Gasteiger partial charge < -0.3 is 5.32 Å². The first kappa shape index (κ1) is 15.7. The summed E-state index contributed by atoms with van der Waals surface area (Å²) < 4.78 is 0. The van der Waals surface area contributed by atoms with Crippen molar-refractivity contribution in [3.63, 3.8) is 0 Å². The van der Waals surface area contributed by atoms with E-state index in [0.29, 0.717) is 16.3 Å². The topological polar surface area (TPSA) is 70.6 Å². The molecule has 2 aromatic carbocycles. The Morgan fingerprint density at radius 3 is 2.50 bits per heavy atom. The summed E-state index contributed by atoms with van der Waals surface area (Å²) in [5, 5.41) is 6.74. The molecule has 0 aliphatic heterocycles. The number of anilines is 1. The summed E-state index contributed by atoms with van der Waals surface area (Å²) in [5.41, 5.74) is 4.16. The van der Waals surface area contributed by atoms with Crippen LogP contribution in [0, 0.1) is 6.92 Å². The first-order valence-electron chi connectivity index (χ1n) is 6.52. The van der Waals surface area contributed by atoms with Crippen LogP contribution in [-0.2, 0) is 9.59 Å². The van der Waals surface area contributed by atoms with E-state index < -0.39 is 11.8 Å². The Morgan fingerprint density at radius 1 is 1.05 bits per heavy atom. The van der Waals surface area contributed by atoms with Crippen molar-refractivity contribution >= 4 is 35.3 Å². The van der Waals surface area contributed by atoms with Gasteiger partial charge in [-0.2, -0.15) is 5.10 Å². The van der Waals surface area contributed by atoms with Gasteiger partial charge in [-0.1, -0.05) is 48.0 Å². The molecule has 2 rings (SSSR count). The molecule has 0 heterocycles. The zero-order valence-electron chi connectivity index (χ0n) is 11.8. The van der Waals surface area contributed by atoms with Gasteiger partial charge in [0.15, 0.2) is 0 Å². The first-order valence-corrected chi connectivity index (χ1v) is 6.90. The summed E-state index contributed by atoms with van der Waals surface area (Å²) in [4.78, 5) is 23.4. The highest BCUT2D eigenvalue weighted by Gasteiger charge is 2.14. The van der Waals surface area contributed by atoms with Crippen molar-refractivity contribution in [1.82, 2.24) is 5.43 Å². The van der Waals surface area contributed by atoms with Crippen LogP contribution in [0.5, 0.6) is 0 Å². The van der Waals surface area contributed by atoms with Crippen LogP contribution in [-0.4, -0.2) is 18.0 Å². The lowest BCUT2D eigenvalue weighted by Gasteiger charge is -2.08. The number of halogens is 1. The number of benzene rings is 2. The summed E-state index contributed by atoms with van der Waals surface area (Å²) in [7, 11) is 0. The van der Waals surface area contributed by atoms with Gasteiger partial charge in [0.2, 0.25) is 0 Å². The van der Waals surface area contributed by atoms with E-state index in [0.717, 1.165) is 5.56 Å². The second-order valence-electron chi connectivity index (χ2n) is 4.48. The number of carbonyl (C=O) groups is 2. The second-order valence-corrected chi connectivity index (χ2v) is 4.88. The van der Waals surface area contributed by atoms with E-state index in [2.05, 4.69) is 15.8 Å². The van der Waals surface area contributed by atoms with Crippen molar-refractivity contribution in [1.29, 1.82) is 0 Å². The molecule has 0 spiro atoms. The first-order chi connectivity index (χ1) is 10.6. The smallest absolute Gasteiger partial charge is 0.317 e. The average molecular weight is 316 g/mol. The number of amides is 2. The van der Waals surface area contributed by atoms with Crippen LogP contribution in [0.3, 0.4) is 0 Å². The molecule has 0 aliphatic carbocycles. The fourth-order valence-electron chi connectivity index (χ4n) is 1.68. The summed E-state index contributed by atoms with van der Waals surface area (Å²) in [6.07, 6.45) is 1.45. The number of hydrogen-bond donors (Lipinski definition) is 2. The van der Waals surface area contributed by atoms with Gasteiger partial charge in [-0.25, -0.2) is 5.43 Å². The third-order valence-corrected chi connectivity index (χ3v) is 3.31. The molecule has 0 saturated heterocycles. The zero-order valence-corrected chi connectivity index (χ0v) is 12.6. The standard InChI is InChI=1S/C16H14ClN3O2/c1-11-13(17)8-5-9-14(11)19-15(21)16(22)20-18-10-12-6-3-2-4-7-12/h2-10H,1H3,(H,19,21)(H,20,22)/b18-10+. The van der Waals surface area contributed by atoms with Crippen LogP contribution in [0.15, 0.2) is 53.6 Å². The van der Waals surface area contributed by atoms with Gasteiger partial charge in [0.05, 0.1) is 6.21 Å². The molecule has 0 saturated carbocycles. The number of nitrogens with one attached hydrogen (secondary N) is 2. The van der Waals surface area contributed by atoms with Crippen LogP contribution in [0.1, 0.15) is 11.1 Å². The van der Waals surface area contributed by atoms with E-state index in [1.807, 2.05) is 30.3 Å². The van der Waals surface area contributed by atoms with Crippen molar-refractivity contribution in [2.45, 2.75) is 6.92 Å². The zero-order chi connectivity index (χ0) is 15.9. The Hall–Kier alpha value is -2.66. The van der Waals surface area contributed by atoms with E-state index in [1.165, 1.54) is 6.21 Å². The van der Waals surface area contributed by atoms with Crippen LogP contribution in [0.25, 0.3) is 0 Å². The fraction of sp³-hybridized carbons (Fsp3) is 0.0625. The molecule has 0 aliphatic rings. The molecule has 5 nitrogen and oxygen atoms in total. The van der Waals surface area contributed by atoms with Gasteiger partial charge in [-0.15, -0.1) is 0 Å². The van der Waals surface area contributed by atoms with Crippen molar-refractivity contribution in [3.8, 4) is 0 Å². The minimum absolute atomic E-state index is 0.486. The molecule has 0 fully saturated rings. The third kappa shape index (κ3) is 4.17.